The third-order valence-electron chi connectivity index (χ3n) is 2.66. The summed E-state index contributed by atoms with van der Waals surface area (Å²) in [5, 5.41) is 5.43. The first-order chi connectivity index (χ1) is 10.1. The summed E-state index contributed by atoms with van der Waals surface area (Å²) in [6.45, 7) is -0.207. The van der Waals surface area contributed by atoms with Gasteiger partial charge in [-0.15, -0.1) is 0 Å². The van der Waals surface area contributed by atoms with Crippen LogP contribution in [0.1, 0.15) is 10.4 Å². The average molecular weight is 307 g/mol. The van der Waals surface area contributed by atoms with E-state index in [4.69, 9.17) is 11.6 Å². The number of para-hydroxylation sites is 1. The Morgan fingerprint density at radius 2 is 1.71 bits per heavy atom. The SMILES string of the molecule is O=C(CNC(=O)c1ccc(F)cc1)Nc1ccccc1Cl. The average Bonchev–Trinajstić information content (AvgIpc) is 2.48. The van der Waals surface area contributed by atoms with Gasteiger partial charge in [0.25, 0.3) is 5.91 Å². The van der Waals surface area contributed by atoms with Crippen molar-refractivity contribution in [3.63, 3.8) is 0 Å². The molecule has 0 aromatic heterocycles. The van der Waals surface area contributed by atoms with E-state index in [1.165, 1.54) is 24.3 Å². The molecule has 0 unspecified atom stereocenters. The molecule has 0 saturated carbocycles. The number of nitrogens with one attached hydrogen (secondary N) is 2. The van der Waals surface area contributed by atoms with Gasteiger partial charge < -0.3 is 10.6 Å². The van der Waals surface area contributed by atoms with Gasteiger partial charge in [0.2, 0.25) is 5.91 Å². The Labute approximate surface area is 125 Å². The van der Waals surface area contributed by atoms with Crippen LogP contribution in [0, 0.1) is 5.82 Å². The summed E-state index contributed by atoms with van der Waals surface area (Å²) in [6, 6.07) is 11.8. The van der Waals surface area contributed by atoms with Crippen molar-refractivity contribution in [3.8, 4) is 0 Å². The van der Waals surface area contributed by atoms with Gasteiger partial charge in [0.1, 0.15) is 5.82 Å². The minimum absolute atomic E-state index is 0.207. The molecule has 0 fully saturated rings. The highest BCUT2D eigenvalue weighted by atomic mass is 35.5. The van der Waals surface area contributed by atoms with Crippen molar-refractivity contribution in [2.45, 2.75) is 0 Å². The maximum absolute atomic E-state index is 12.7. The molecule has 0 atom stereocenters. The van der Waals surface area contributed by atoms with E-state index < -0.39 is 17.6 Å². The van der Waals surface area contributed by atoms with Gasteiger partial charge in [0, 0.05) is 5.56 Å². The van der Waals surface area contributed by atoms with Gasteiger partial charge in [0.05, 0.1) is 17.3 Å². The fraction of sp³-hybridized carbons (Fsp3) is 0.0667. The standard InChI is InChI=1S/C15H12ClFN2O2/c16-12-3-1-2-4-13(12)19-14(20)9-18-15(21)10-5-7-11(17)8-6-10/h1-8H,9H2,(H,18,21)(H,19,20). The summed E-state index contributed by atoms with van der Waals surface area (Å²) in [5.74, 6) is -1.29. The monoisotopic (exact) mass is 306 g/mol. The lowest BCUT2D eigenvalue weighted by Crippen LogP contribution is -2.32. The largest absolute Gasteiger partial charge is 0.343 e. The van der Waals surface area contributed by atoms with Gasteiger partial charge in [-0.05, 0) is 36.4 Å². The van der Waals surface area contributed by atoms with Crippen LogP contribution in [0.3, 0.4) is 0 Å². The molecule has 2 aromatic rings. The molecule has 2 aromatic carbocycles. The zero-order valence-corrected chi connectivity index (χ0v) is 11.7. The maximum atomic E-state index is 12.7. The fourth-order valence-electron chi connectivity index (χ4n) is 1.62. The van der Waals surface area contributed by atoms with E-state index in [-0.39, 0.29) is 12.1 Å². The predicted octanol–water partition coefficient (Wildman–Crippen LogP) is 2.85. The highest BCUT2D eigenvalue weighted by Crippen LogP contribution is 2.19. The van der Waals surface area contributed by atoms with E-state index in [1.807, 2.05) is 0 Å². The number of hydrogen-bond acceptors (Lipinski definition) is 2. The van der Waals surface area contributed by atoms with Crippen LogP contribution in [0.15, 0.2) is 48.5 Å². The molecule has 0 saturated heterocycles. The Morgan fingerprint density at radius 3 is 2.38 bits per heavy atom. The first-order valence-electron chi connectivity index (χ1n) is 6.14. The zero-order chi connectivity index (χ0) is 15.2. The second-order valence-corrected chi connectivity index (χ2v) is 4.62. The lowest BCUT2D eigenvalue weighted by Gasteiger charge is -2.08. The molecule has 0 radical (unpaired) electrons. The van der Waals surface area contributed by atoms with Gasteiger partial charge in [-0.2, -0.15) is 0 Å². The molecule has 0 aliphatic carbocycles. The third kappa shape index (κ3) is 4.29. The van der Waals surface area contributed by atoms with E-state index in [1.54, 1.807) is 24.3 Å². The second kappa shape index (κ2) is 6.85. The van der Waals surface area contributed by atoms with E-state index in [0.29, 0.717) is 10.7 Å². The number of carbonyl (C=O) groups is 2. The molecule has 0 aliphatic heterocycles. The Morgan fingerprint density at radius 1 is 1.05 bits per heavy atom. The van der Waals surface area contributed by atoms with Crippen LogP contribution in [-0.4, -0.2) is 18.4 Å². The number of benzene rings is 2. The lowest BCUT2D eigenvalue weighted by molar-refractivity contribution is -0.115. The molecule has 108 valence electrons. The van der Waals surface area contributed by atoms with Crippen LogP contribution in [-0.2, 0) is 4.79 Å². The molecular formula is C15H12ClFN2O2. The third-order valence-corrected chi connectivity index (χ3v) is 2.99. The number of carbonyl (C=O) groups excluding carboxylic acids is 2. The first-order valence-corrected chi connectivity index (χ1v) is 6.52. The van der Waals surface area contributed by atoms with Crippen LogP contribution < -0.4 is 10.6 Å². The summed E-state index contributed by atoms with van der Waals surface area (Å²) in [5.41, 5.74) is 0.752. The lowest BCUT2D eigenvalue weighted by atomic mass is 10.2. The summed E-state index contributed by atoms with van der Waals surface area (Å²) >= 11 is 5.90. The molecule has 6 heteroatoms. The van der Waals surface area contributed by atoms with Gasteiger partial charge in [0.15, 0.2) is 0 Å². The molecule has 21 heavy (non-hydrogen) atoms. The van der Waals surface area contributed by atoms with Crippen LogP contribution in [0.4, 0.5) is 10.1 Å². The first kappa shape index (κ1) is 15.0. The van der Waals surface area contributed by atoms with Gasteiger partial charge >= 0.3 is 0 Å². The van der Waals surface area contributed by atoms with Crippen LogP contribution in [0.2, 0.25) is 5.02 Å². The van der Waals surface area contributed by atoms with Crippen molar-refractivity contribution in [1.29, 1.82) is 0 Å². The van der Waals surface area contributed by atoms with E-state index >= 15 is 0 Å². The second-order valence-electron chi connectivity index (χ2n) is 4.22. The molecule has 2 N–H and O–H groups in total. The number of rotatable bonds is 4. The summed E-state index contributed by atoms with van der Waals surface area (Å²) in [4.78, 5) is 23.5. The molecule has 0 heterocycles. The minimum Gasteiger partial charge on any atom is -0.343 e. The normalized spacial score (nSPS) is 10.0. The molecule has 0 aliphatic rings. The summed E-state index contributed by atoms with van der Waals surface area (Å²) in [7, 11) is 0. The molecule has 2 amide bonds. The molecule has 4 nitrogen and oxygen atoms in total. The Hall–Kier alpha value is -2.40. The molecular weight excluding hydrogens is 295 g/mol. The van der Waals surface area contributed by atoms with Crippen molar-refractivity contribution in [2.75, 3.05) is 11.9 Å². The number of anilines is 1. The van der Waals surface area contributed by atoms with Crippen LogP contribution in [0.25, 0.3) is 0 Å². The van der Waals surface area contributed by atoms with Crippen molar-refractivity contribution in [2.24, 2.45) is 0 Å². The van der Waals surface area contributed by atoms with Gasteiger partial charge in [-0.3, -0.25) is 9.59 Å². The summed E-state index contributed by atoms with van der Waals surface area (Å²) in [6.07, 6.45) is 0. The molecule has 0 spiro atoms. The van der Waals surface area contributed by atoms with E-state index in [9.17, 15) is 14.0 Å². The van der Waals surface area contributed by atoms with Crippen molar-refractivity contribution < 1.29 is 14.0 Å². The van der Waals surface area contributed by atoms with E-state index in [2.05, 4.69) is 10.6 Å². The summed E-state index contributed by atoms with van der Waals surface area (Å²) < 4.78 is 12.7. The van der Waals surface area contributed by atoms with Crippen LogP contribution in [0.5, 0.6) is 0 Å². The maximum Gasteiger partial charge on any atom is 0.251 e. The molecule has 2 rings (SSSR count). The van der Waals surface area contributed by atoms with Crippen molar-refractivity contribution in [1.82, 2.24) is 5.32 Å². The van der Waals surface area contributed by atoms with Crippen molar-refractivity contribution in [3.05, 3.63) is 64.9 Å². The minimum atomic E-state index is -0.454. The van der Waals surface area contributed by atoms with Crippen LogP contribution >= 0.6 is 11.6 Å². The number of amides is 2. The number of halogens is 2. The van der Waals surface area contributed by atoms with Gasteiger partial charge in [-0.1, -0.05) is 23.7 Å². The fourth-order valence-corrected chi connectivity index (χ4v) is 1.80. The van der Waals surface area contributed by atoms with Crippen molar-refractivity contribution >= 4 is 29.1 Å². The molecule has 0 bridgehead atoms. The topological polar surface area (TPSA) is 58.2 Å². The Kier molecular flexibility index (Phi) is 4.90. The highest BCUT2D eigenvalue weighted by Gasteiger charge is 2.09. The quantitative estimate of drug-likeness (QED) is 0.912. The Bertz CT molecular complexity index is 659. The van der Waals surface area contributed by atoms with Gasteiger partial charge in [-0.25, -0.2) is 4.39 Å². The van der Waals surface area contributed by atoms with E-state index in [0.717, 1.165) is 0 Å². The number of hydrogen-bond donors (Lipinski definition) is 2. The smallest absolute Gasteiger partial charge is 0.251 e. The predicted molar refractivity (Wildman–Crippen MR) is 78.8 cm³/mol. The zero-order valence-electron chi connectivity index (χ0n) is 10.9. The highest BCUT2D eigenvalue weighted by molar-refractivity contribution is 6.33. The Balaban J connectivity index is 1.88.